The fourth-order valence-corrected chi connectivity index (χ4v) is 4.40. The van der Waals surface area contributed by atoms with Gasteiger partial charge in [0, 0.05) is 48.7 Å². The maximum absolute atomic E-state index is 12.8. The summed E-state index contributed by atoms with van der Waals surface area (Å²) in [7, 11) is 0. The summed E-state index contributed by atoms with van der Waals surface area (Å²) in [5.41, 5.74) is 5.49. The number of aromatic nitrogens is 1. The average Bonchev–Trinajstić information content (AvgIpc) is 3.24. The summed E-state index contributed by atoms with van der Waals surface area (Å²) in [5, 5.41) is 15.9. The van der Waals surface area contributed by atoms with Crippen LogP contribution in [0, 0.1) is 13.8 Å². The molecule has 0 unspecified atom stereocenters. The molecule has 176 valence electrons. The van der Waals surface area contributed by atoms with Crippen LogP contribution >= 0.6 is 0 Å². The normalized spacial score (nSPS) is 14.0. The van der Waals surface area contributed by atoms with E-state index in [0.717, 1.165) is 35.6 Å². The minimum atomic E-state index is -1.04. The fraction of sp³-hybridized carbons (Fsp3) is 0.400. The van der Waals surface area contributed by atoms with E-state index < -0.39 is 5.97 Å². The molecule has 3 rings (SSSR count). The van der Waals surface area contributed by atoms with E-state index in [1.807, 2.05) is 39.6 Å². The number of aromatic carboxylic acids is 1. The average molecular weight is 453 g/mol. The van der Waals surface area contributed by atoms with Gasteiger partial charge >= 0.3 is 5.97 Å². The Labute approximate surface area is 194 Å². The van der Waals surface area contributed by atoms with Crippen LogP contribution in [0.15, 0.2) is 18.2 Å². The minimum Gasteiger partial charge on any atom is -0.478 e. The lowest BCUT2D eigenvalue weighted by molar-refractivity contribution is -0.148. The zero-order valence-electron chi connectivity index (χ0n) is 19.9. The largest absolute Gasteiger partial charge is 0.478 e. The Kier molecular flexibility index (Phi) is 7.38. The van der Waals surface area contributed by atoms with Gasteiger partial charge in [0.2, 0.25) is 5.91 Å². The number of rotatable bonds is 9. The molecule has 1 aliphatic rings. The van der Waals surface area contributed by atoms with Gasteiger partial charge in [-0.1, -0.05) is 13.8 Å². The zero-order valence-corrected chi connectivity index (χ0v) is 19.9. The first-order valence-corrected chi connectivity index (χ1v) is 11.4. The molecule has 1 aromatic carbocycles. The number of amides is 2. The van der Waals surface area contributed by atoms with Crippen LogP contribution in [0.4, 0.5) is 5.69 Å². The highest BCUT2D eigenvalue weighted by Crippen LogP contribution is 2.35. The van der Waals surface area contributed by atoms with Gasteiger partial charge in [0.15, 0.2) is 0 Å². The molecule has 1 aromatic heterocycles. The van der Waals surface area contributed by atoms with Crippen molar-refractivity contribution in [3.05, 3.63) is 51.8 Å². The Morgan fingerprint density at radius 1 is 1.09 bits per heavy atom. The number of nitrogens with zero attached hydrogens (tertiary/aromatic N) is 2. The number of benzene rings is 1. The summed E-state index contributed by atoms with van der Waals surface area (Å²) >= 11 is 0. The quantitative estimate of drug-likeness (QED) is 0.396. The Morgan fingerprint density at radius 3 is 2.39 bits per heavy atom. The van der Waals surface area contributed by atoms with Crippen molar-refractivity contribution in [2.45, 2.75) is 47.5 Å². The number of hydrazine groups is 1. The first-order valence-electron chi connectivity index (χ1n) is 11.4. The Balaban J connectivity index is 1.85. The molecule has 3 N–H and O–H groups in total. The highest BCUT2D eigenvalue weighted by molar-refractivity contribution is 6.35. The monoisotopic (exact) mass is 452 g/mol. The van der Waals surface area contributed by atoms with Crippen LogP contribution in [-0.4, -0.2) is 57.5 Å². The summed E-state index contributed by atoms with van der Waals surface area (Å²) in [5.74, 6) is -1.22. The number of hydrogen-bond donors (Lipinski definition) is 3. The van der Waals surface area contributed by atoms with Crippen LogP contribution in [0.25, 0.3) is 11.6 Å². The van der Waals surface area contributed by atoms with Gasteiger partial charge in [-0.05, 0) is 62.6 Å². The molecule has 0 spiro atoms. The molecule has 8 nitrogen and oxygen atoms in total. The van der Waals surface area contributed by atoms with E-state index in [2.05, 4.69) is 10.3 Å². The summed E-state index contributed by atoms with van der Waals surface area (Å²) < 4.78 is 0. The molecule has 2 amide bonds. The standard InChI is InChI=1S/C25H32N4O4/c1-6-28(7-2)29(8-3)23(30)12-10-18-15(4)22(26-16(18)5)14-20-19-13-17(25(32)33)9-11-21(19)27-24(20)31/h9,11,13-14,26H,6-8,10,12H2,1-5H3,(H,27,31)(H,32,33). The number of aromatic amines is 1. The second-order valence-corrected chi connectivity index (χ2v) is 8.09. The number of H-pyrrole nitrogens is 1. The van der Waals surface area contributed by atoms with Gasteiger partial charge in [0.05, 0.1) is 11.1 Å². The Hall–Kier alpha value is -3.39. The number of carbonyl (C=O) groups excluding carboxylic acids is 2. The van der Waals surface area contributed by atoms with E-state index in [0.29, 0.717) is 36.2 Å². The predicted molar refractivity (Wildman–Crippen MR) is 129 cm³/mol. The van der Waals surface area contributed by atoms with Gasteiger partial charge in [-0.15, -0.1) is 0 Å². The van der Waals surface area contributed by atoms with Crippen LogP contribution in [0.2, 0.25) is 0 Å². The van der Waals surface area contributed by atoms with Crippen molar-refractivity contribution in [1.29, 1.82) is 0 Å². The van der Waals surface area contributed by atoms with Crippen molar-refractivity contribution < 1.29 is 19.5 Å². The van der Waals surface area contributed by atoms with E-state index in [1.54, 1.807) is 17.2 Å². The topological polar surface area (TPSA) is 106 Å². The lowest BCUT2D eigenvalue weighted by atomic mass is 10.0. The third-order valence-electron chi connectivity index (χ3n) is 6.22. The van der Waals surface area contributed by atoms with Crippen molar-refractivity contribution in [2.24, 2.45) is 0 Å². The van der Waals surface area contributed by atoms with E-state index in [4.69, 9.17) is 0 Å². The molecule has 2 aromatic rings. The van der Waals surface area contributed by atoms with Crippen LogP contribution in [0.5, 0.6) is 0 Å². The molecular weight excluding hydrogens is 420 g/mol. The lowest BCUT2D eigenvalue weighted by Crippen LogP contribution is -2.46. The van der Waals surface area contributed by atoms with Crippen LogP contribution in [0.1, 0.15) is 65.6 Å². The first kappa shape index (κ1) is 24.3. The highest BCUT2D eigenvalue weighted by Gasteiger charge is 2.26. The number of carboxylic acids is 1. The van der Waals surface area contributed by atoms with Crippen LogP contribution in [0.3, 0.4) is 0 Å². The molecule has 33 heavy (non-hydrogen) atoms. The van der Waals surface area contributed by atoms with Gasteiger partial charge in [-0.25, -0.2) is 9.80 Å². The Bertz CT molecular complexity index is 1110. The molecule has 0 atom stereocenters. The van der Waals surface area contributed by atoms with Crippen LogP contribution < -0.4 is 5.32 Å². The smallest absolute Gasteiger partial charge is 0.335 e. The maximum Gasteiger partial charge on any atom is 0.335 e. The first-order chi connectivity index (χ1) is 15.7. The van der Waals surface area contributed by atoms with E-state index in [1.165, 1.54) is 12.1 Å². The van der Waals surface area contributed by atoms with Gasteiger partial charge in [-0.3, -0.25) is 14.6 Å². The number of aryl methyl sites for hydroxylation is 1. The van der Waals surface area contributed by atoms with E-state index in [9.17, 15) is 19.5 Å². The third kappa shape index (κ3) is 4.85. The third-order valence-corrected chi connectivity index (χ3v) is 6.22. The molecule has 0 radical (unpaired) electrons. The fourth-order valence-electron chi connectivity index (χ4n) is 4.40. The second-order valence-electron chi connectivity index (χ2n) is 8.09. The minimum absolute atomic E-state index is 0.0893. The molecular formula is C25H32N4O4. The molecule has 2 heterocycles. The molecule has 0 saturated heterocycles. The van der Waals surface area contributed by atoms with Gasteiger partial charge < -0.3 is 15.4 Å². The van der Waals surface area contributed by atoms with Gasteiger partial charge in [0.25, 0.3) is 5.91 Å². The van der Waals surface area contributed by atoms with Gasteiger partial charge in [-0.2, -0.15) is 0 Å². The molecule has 8 heteroatoms. The number of fused-ring (bicyclic) bond motifs is 1. The molecule has 1 aliphatic heterocycles. The number of anilines is 1. The van der Waals surface area contributed by atoms with Crippen molar-refractivity contribution in [2.75, 3.05) is 25.0 Å². The van der Waals surface area contributed by atoms with Crippen LogP contribution in [-0.2, 0) is 16.0 Å². The molecule has 0 fully saturated rings. The Morgan fingerprint density at radius 2 is 1.79 bits per heavy atom. The summed E-state index contributed by atoms with van der Waals surface area (Å²) in [6.07, 6.45) is 2.75. The highest BCUT2D eigenvalue weighted by atomic mass is 16.4. The van der Waals surface area contributed by atoms with E-state index in [-0.39, 0.29) is 17.4 Å². The summed E-state index contributed by atoms with van der Waals surface area (Å²) in [6, 6.07) is 4.59. The second kappa shape index (κ2) is 10.0. The van der Waals surface area contributed by atoms with Crippen molar-refractivity contribution in [1.82, 2.24) is 15.0 Å². The van der Waals surface area contributed by atoms with Crippen molar-refractivity contribution >= 4 is 35.1 Å². The SMILES string of the molecule is CCN(CC)N(CC)C(=O)CCc1c(C)[nH]c(C=C2C(=O)Nc3ccc(C(=O)O)cc32)c1C. The van der Waals surface area contributed by atoms with Crippen molar-refractivity contribution in [3.8, 4) is 0 Å². The maximum atomic E-state index is 12.8. The predicted octanol–water partition coefficient (Wildman–Crippen LogP) is 3.86. The number of carboxylic acid groups (broad SMARTS) is 1. The number of nitrogens with one attached hydrogen (secondary N) is 2. The van der Waals surface area contributed by atoms with Crippen molar-refractivity contribution in [3.63, 3.8) is 0 Å². The molecule has 0 saturated carbocycles. The molecule has 0 aliphatic carbocycles. The molecule has 0 bridgehead atoms. The zero-order chi connectivity index (χ0) is 24.3. The number of carbonyl (C=O) groups is 3. The van der Waals surface area contributed by atoms with E-state index >= 15 is 0 Å². The van der Waals surface area contributed by atoms with Gasteiger partial charge in [0.1, 0.15) is 0 Å². The summed E-state index contributed by atoms with van der Waals surface area (Å²) in [4.78, 5) is 40.1. The number of hydrogen-bond acceptors (Lipinski definition) is 4. The summed E-state index contributed by atoms with van der Waals surface area (Å²) in [6.45, 7) is 12.2. The lowest BCUT2D eigenvalue weighted by Gasteiger charge is -2.32.